The molecule has 0 spiro atoms. The molecule has 0 aliphatic carbocycles. The van der Waals surface area contributed by atoms with Crippen molar-refractivity contribution in [1.82, 2.24) is 5.32 Å². The first-order chi connectivity index (χ1) is 8.96. The molecule has 2 atom stereocenters. The number of rotatable bonds is 7. The third-order valence-corrected chi connectivity index (χ3v) is 4.29. The van der Waals surface area contributed by atoms with Crippen LogP contribution in [0.25, 0.3) is 0 Å². The second kappa shape index (κ2) is 7.36. The summed E-state index contributed by atoms with van der Waals surface area (Å²) in [6, 6.07) is 5.35. The minimum absolute atomic E-state index is 0.190. The second-order valence-corrected chi connectivity index (χ2v) is 5.75. The van der Waals surface area contributed by atoms with Crippen LogP contribution in [-0.2, 0) is 11.2 Å². The second-order valence-electron chi connectivity index (χ2n) is 4.89. The molecule has 0 bridgehead atoms. The Morgan fingerprint density at radius 1 is 1.42 bits per heavy atom. The summed E-state index contributed by atoms with van der Waals surface area (Å²) in [4.78, 5) is 0. The van der Waals surface area contributed by atoms with Crippen molar-refractivity contribution in [2.45, 2.75) is 45.3 Å². The molecule has 108 valence electrons. The van der Waals surface area contributed by atoms with E-state index in [1.807, 2.05) is 26.1 Å². The van der Waals surface area contributed by atoms with E-state index in [9.17, 15) is 4.39 Å². The third-order valence-electron chi connectivity index (χ3n) is 3.69. The molecule has 0 saturated heterocycles. The Hall–Kier alpha value is -0.450. The molecule has 2 unspecified atom stereocenters. The highest BCUT2D eigenvalue weighted by Crippen LogP contribution is 2.25. The summed E-state index contributed by atoms with van der Waals surface area (Å²) >= 11 is 3.23. The molecular weight excluding hydrogens is 309 g/mol. The van der Waals surface area contributed by atoms with Crippen LogP contribution in [0.15, 0.2) is 22.7 Å². The topological polar surface area (TPSA) is 21.3 Å². The molecule has 0 saturated carbocycles. The maximum atomic E-state index is 13.3. The van der Waals surface area contributed by atoms with Crippen molar-refractivity contribution in [3.8, 4) is 0 Å². The minimum atomic E-state index is -0.229. The van der Waals surface area contributed by atoms with Gasteiger partial charge in [0.05, 0.1) is 10.1 Å². The molecule has 0 amide bonds. The zero-order valence-corrected chi connectivity index (χ0v) is 13.7. The lowest BCUT2D eigenvalue weighted by molar-refractivity contribution is -0.0534. The number of likely N-dealkylation sites (N-methyl/N-ethyl adjacent to an activating group) is 1. The molecule has 0 radical (unpaired) electrons. The fourth-order valence-corrected chi connectivity index (χ4v) is 2.73. The van der Waals surface area contributed by atoms with E-state index in [4.69, 9.17) is 4.74 Å². The maximum Gasteiger partial charge on any atom is 0.137 e. The van der Waals surface area contributed by atoms with Crippen LogP contribution in [0.2, 0.25) is 0 Å². The molecule has 2 nitrogen and oxygen atoms in total. The minimum Gasteiger partial charge on any atom is -0.374 e. The molecule has 0 fully saturated rings. The smallest absolute Gasteiger partial charge is 0.137 e. The average Bonchev–Trinajstić information content (AvgIpc) is 2.40. The lowest BCUT2D eigenvalue weighted by atomic mass is 9.88. The van der Waals surface area contributed by atoms with Gasteiger partial charge < -0.3 is 10.1 Å². The van der Waals surface area contributed by atoms with Crippen molar-refractivity contribution >= 4 is 15.9 Å². The number of hydrogen-bond donors (Lipinski definition) is 1. The Morgan fingerprint density at radius 3 is 2.58 bits per heavy atom. The van der Waals surface area contributed by atoms with Gasteiger partial charge in [0.15, 0.2) is 0 Å². The number of benzene rings is 1. The molecule has 1 aromatic carbocycles. The molecule has 0 aliphatic heterocycles. The summed E-state index contributed by atoms with van der Waals surface area (Å²) in [6.07, 6.45) is 1.73. The highest BCUT2D eigenvalue weighted by atomic mass is 79.9. The van der Waals surface area contributed by atoms with Gasteiger partial charge in [0.25, 0.3) is 0 Å². The fourth-order valence-electron chi connectivity index (χ4n) is 2.30. The summed E-state index contributed by atoms with van der Waals surface area (Å²) in [7, 11) is 1.94. The van der Waals surface area contributed by atoms with Crippen LogP contribution in [-0.4, -0.2) is 25.3 Å². The molecule has 19 heavy (non-hydrogen) atoms. The van der Waals surface area contributed by atoms with Crippen molar-refractivity contribution < 1.29 is 9.13 Å². The van der Waals surface area contributed by atoms with Crippen LogP contribution in [0.3, 0.4) is 0 Å². The zero-order chi connectivity index (χ0) is 14.5. The van der Waals surface area contributed by atoms with Gasteiger partial charge in [0.2, 0.25) is 0 Å². The van der Waals surface area contributed by atoms with Crippen molar-refractivity contribution in [3.05, 3.63) is 34.1 Å². The SMILES string of the molecule is CCOC(C)(CC)C(Cc1ccc(F)c(Br)c1)NC. The van der Waals surface area contributed by atoms with Crippen molar-refractivity contribution in [2.24, 2.45) is 0 Å². The van der Waals surface area contributed by atoms with Crippen LogP contribution in [0.4, 0.5) is 4.39 Å². The van der Waals surface area contributed by atoms with E-state index in [1.165, 1.54) is 6.07 Å². The van der Waals surface area contributed by atoms with E-state index < -0.39 is 0 Å². The molecule has 0 heterocycles. The highest BCUT2D eigenvalue weighted by Gasteiger charge is 2.32. The summed E-state index contributed by atoms with van der Waals surface area (Å²) in [5, 5.41) is 3.33. The van der Waals surface area contributed by atoms with Crippen LogP contribution in [0.1, 0.15) is 32.8 Å². The lowest BCUT2D eigenvalue weighted by Crippen LogP contribution is -2.50. The molecule has 1 N–H and O–H groups in total. The summed E-state index contributed by atoms with van der Waals surface area (Å²) in [6.45, 7) is 6.95. The lowest BCUT2D eigenvalue weighted by Gasteiger charge is -2.37. The molecular formula is C15H23BrFNO. The van der Waals surface area contributed by atoms with E-state index in [0.29, 0.717) is 11.1 Å². The fraction of sp³-hybridized carbons (Fsp3) is 0.600. The van der Waals surface area contributed by atoms with E-state index >= 15 is 0 Å². The van der Waals surface area contributed by atoms with Gasteiger partial charge in [-0.3, -0.25) is 0 Å². The Morgan fingerprint density at radius 2 is 2.11 bits per heavy atom. The summed E-state index contributed by atoms with van der Waals surface area (Å²) in [5.74, 6) is -0.229. The zero-order valence-electron chi connectivity index (χ0n) is 12.1. The first kappa shape index (κ1) is 16.6. The molecule has 0 aromatic heterocycles. The van der Waals surface area contributed by atoms with Crippen LogP contribution < -0.4 is 5.32 Å². The van der Waals surface area contributed by atoms with E-state index in [2.05, 4.69) is 35.1 Å². The Kier molecular flexibility index (Phi) is 6.43. The molecule has 1 aromatic rings. The third kappa shape index (κ3) is 4.26. The van der Waals surface area contributed by atoms with E-state index in [1.54, 1.807) is 0 Å². The Bertz CT molecular complexity index is 413. The standard InChI is InChI=1S/C15H23BrFNO/c1-5-15(3,19-6-2)14(18-4)10-11-7-8-13(17)12(16)9-11/h7-9,14,18H,5-6,10H2,1-4H3. The molecule has 1 rings (SSSR count). The first-order valence-electron chi connectivity index (χ1n) is 6.72. The molecule has 0 aliphatic rings. The maximum absolute atomic E-state index is 13.3. The molecule has 4 heteroatoms. The van der Waals surface area contributed by atoms with Gasteiger partial charge in [0.1, 0.15) is 5.82 Å². The van der Waals surface area contributed by atoms with Gasteiger partial charge in [-0.1, -0.05) is 13.0 Å². The predicted octanol–water partition coefficient (Wildman–Crippen LogP) is 3.92. The summed E-state index contributed by atoms with van der Waals surface area (Å²) in [5.41, 5.74) is 0.872. The number of halogens is 2. The van der Waals surface area contributed by atoms with Gasteiger partial charge in [0, 0.05) is 12.6 Å². The summed E-state index contributed by atoms with van der Waals surface area (Å²) < 4.78 is 19.7. The Balaban J connectivity index is 2.88. The van der Waals surface area contributed by atoms with Crippen molar-refractivity contribution in [2.75, 3.05) is 13.7 Å². The number of ether oxygens (including phenoxy) is 1. The van der Waals surface area contributed by atoms with Crippen molar-refractivity contribution in [1.29, 1.82) is 0 Å². The predicted molar refractivity (Wildman–Crippen MR) is 81.0 cm³/mol. The quantitative estimate of drug-likeness (QED) is 0.817. The van der Waals surface area contributed by atoms with Gasteiger partial charge in [-0.25, -0.2) is 4.39 Å². The highest BCUT2D eigenvalue weighted by molar-refractivity contribution is 9.10. The first-order valence-corrected chi connectivity index (χ1v) is 7.51. The van der Waals surface area contributed by atoms with Crippen LogP contribution in [0.5, 0.6) is 0 Å². The average molecular weight is 332 g/mol. The normalized spacial score (nSPS) is 16.1. The van der Waals surface area contributed by atoms with Crippen molar-refractivity contribution in [3.63, 3.8) is 0 Å². The monoisotopic (exact) mass is 331 g/mol. The number of hydrogen-bond acceptors (Lipinski definition) is 2. The van der Waals surface area contributed by atoms with Gasteiger partial charge in [-0.15, -0.1) is 0 Å². The largest absolute Gasteiger partial charge is 0.374 e. The van der Waals surface area contributed by atoms with Crippen LogP contribution >= 0.6 is 15.9 Å². The van der Waals surface area contributed by atoms with E-state index in [0.717, 1.165) is 18.4 Å². The number of nitrogens with one attached hydrogen (secondary N) is 1. The Labute approximate surface area is 123 Å². The van der Waals surface area contributed by atoms with Gasteiger partial charge in [-0.2, -0.15) is 0 Å². The van der Waals surface area contributed by atoms with E-state index in [-0.39, 0.29) is 17.5 Å². The van der Waals surface area contributed by atoms with Gasteiger partial charge in [-0.05, 0) is 67.4 Å². The van der Waals surface area contributed by atoms with Crippen LogP contribution in [0, 0.1) is 5.82 Å². The van der Waals surface area contributed by atoms with Gasteiger partial charge >= 0.3 is 0 Å².